The van der Waals surface area contributed by atoms with E-state index in [2.05, 4.69) is 0 Å². The molecule has 3 nitrogen and oxygen atoms in total. The van der Waals surface area contributed by atoms with E-state index in [1.807, 2.05) is 38.1 Å². The van der Waals surface area contributed by atoms with Gasteiger partial charge in [-0.25, -0.2) is 0 Å². The van der Waals surface area contributed by atoms with Gasteiger partial charge in [0, 0.05) is 11.6 Å². The molecule has 16 heavy (non-hydrogen) atoms. The van der Waals surface area contributed by atoms with Gasteiger partial charge in [0.05, 0.1) is 5.60 Å². The second-order valence-electron chi connectivity index (χ2n) is 4.47. The summed E-state index contributed by atoms with van der Waals surface area (Å²) in [7, 11) is 0. The third-order valence-electron chi connectivity index (χ3n) is 2.71. The van der Waals surface area contributed by atoms with Crippen molar-refractivity contribution in [3.63, 3.8) is 0 Å². The Kier molecular flexibility index (Phi) is 4.33. The summed E-state index contributed by atoms with van der Waals surface area (Å²) in [6.45, 7) is 5.90. The first-order valence-corrected chi connectivity index (χ1v) is 5.66. The van der Waals surface area contributed by atoms with Crippen LogP contribution in [0, 0.1) is 0 Å². The Morgan fingerprint density at radius 3 is 2.62 bits per heavy atom. The number of para-hydroxylation sites is 1. The number of nitrogens with two attached hydrogens (primary N) is 1. The molecule has 0 bridgehead atoms. The predicted molar refractivity (Wildman–Crippen MR) is 65.5 cm³/mol. The first kappa shape index (κ1) is 13.0. The van der Waals surface area contributed by atoms with Gasteiger partial charge in [-0.15, -0.1) is 0 Å². The van der Waals surface area contributed by atoms with E-state index in [-0.39, 0.29) is 12.6 Å². The molecule has 1 aromatic rings. The molecule has 0 saturated carbocycles. The van der Waals surface area contributed by atoms with Gasteiger partial charge >= 0.3 is 0 Å². The lowest BCUT2D eigenvalue weighted by atomic mass is 10.1. The lowest BCUT2D eigenvalue weighted by Crippen LogP contribution is -2.31. The summed E-state index contributed by atoms with van der Waals surface area (Å²) >= 11 is 0. The first-order chi connectivity index (χ1) is 7.46. The van der Waals surface area contributed by atoms with Gasteiger partial charge in [-0.1, -0.05) is 25.1 Å². The van der Waals surface area contributed by atoms with Crippen molar-refractivity contribution in [3.05, 3.63) is 29.8 Å². The Morgan fingerprint density at radius 1 is 1.44 bits per heavy atom. The topological polar surface area (TPSA) is 55.5 Å². The summed E-state index contributed by atoms with van der Waals surface area (Å²) in [5, 5.41) is 9.86. The predicted octanol–water partition coefficient (Wildman–Crippen LogP) is 2.25. The molecular formula is C13H21NO2. The van der Waals surface area contributed by atoms with Gasteiger partial charge in [0.15, 0.2) is 0 Å². The van der Waals surface area contributed by atoms with E-state index in [0.717, 1.165) is 11.3 Å². The Labute approximate surface area is 97.2 Å². The summed E-state index contributed by atoms with van der Waals surface area (Å²) in [6.07, 6.45) is 0.660. The van der Waals surface area contributed by atoms with Gasteiger partial charge in [-0.3, -0.25) is 0 Å². The molecule has 0 saturated heterocycles. The normalized spacial score (nSPS) is 16.6. The quantitative estimate of drug-likeness (QED) is 0.805. The molecular weight excluding hydrogens is 202 g/mol. The lowest BCUT2D eigenvalue weighted by molar-refractivity contribution is 0.00810. The molecule has 3 heteroatoms. The van der Waals surface area contributed by atoms with Crippen LogP contribution in [0.15, 0.2) is 24.3 Å². The number of aliphatic hydroxyl groups is 1. The second-order valence-corrected chi connectivity index (χ2v) is 4.47. The minimum Gasteiger partial charge on any atom is -0.490 e. The number of benzene rings is 1. The number of hydrogen-bond donors (Lipinski definition) is 2. The molecule has 90 valence electrons. The van der Waals surface area contributed by atoms with E-state index in [4.69, 9.17) is 10.5 Å². The maximum Gasteiger partial charge on any atom is 0.124 e. The van der Waals surface area contributed by atoms with E-state index in [0.29, 0.717) is 6.42 Å². The van der Waals surface area contributed by atoms with Crippen LogP contribution in [-0.4, -0.2) is 17.3 Å². The standard InChI is InChI=1S/C13H21NO2/c1-4-13(3,15)9-16-12-8-6-5-7-11(12)10(2)14/h5-8,10,15H,4,9,14H2,1-3H3/t10-,13?/m0/s1. The molecule has 1 unspecified atom stereocenters. The van der Waals surface area contributed by atoms with E-state index in [1.54, 1.807) is 6.92 Å². The fraction of sp³-hybridized carbons (Fsp3) is 0.538. The molecule has 0 aromatic heterocycles. The molecule has 1 aromatic carbocycles. The van der Waals surface area contributed by atoms with Gasteiger partial charge in [0.25, 0.3) is 0 Å². The van der Waals surface area contributed by atoms with Crippen molar-refractivity contribution < 1.29 is 9.84 Å². The summed E-state index contributed by atoms with van der Waals surface area (Å²) in [6, 6.07) is 7.60. The molecule has 0 fully saturated rings. The molecule has 0 heterocycles. The van der Waals surface area contributed by atoms with Crippen molar-refractivity contribution in [1.82, 2.24) is 0 Å². The molecule has 0 radical (unpaired) electrons. The van der Waals surface area contributed by atoms with Crippen LogP contribution >= 0.6 is 0 Å². The summed E-state index contributed by atoms with van der Waals surface area (Å²) < 4.78 is 5.62. The Balaban J connectivity index is 2.74. The Bertz CT molecular complexity index is 334. The van der Waals surface area contributed by atoms with Crippen molar-refractivity contribution in [2.45, 2.75) is 38.8 Å². The third-order valence-corrected chi connectivity index (χ3v) is 2.71. The zero-order chi connectivity index (χ0) is 12.2. The minimum atomic E-state index is -0.787. The van der Waals surface area contributed by atoms with E-state index in [1.165, 1.54) is 0 Å². The second kappa shape index (κ2) is 5.32. The van der Waals surface area contributed by atoms with Crippen LogP contribution in [0.1, 0.15) is 38.8 Å². The van der Waals surface area contributed by atoms with E-state index in [9.17, 15) is 5.11 Å². The highest BCUT2D eigenvalue weighted by Gasteiger charge is 2.19. The van der Waals surface area contributed by atoms with Gasteiger partial charge < -0.3 is 15.6 Å². The Hall–Kier alpha value is -1.06. The average molecular weight is 223 g/mol. The van der Waals surface area contributed by atoms with Gasteiger partial charge in [-0.05, 0) is 26.3 Å². The van der Waals surface area contributed by atoms with E-state index < -0.39 is 5.60 Å². The van der Waals surface area contributed by atoms with Gasteiger partial charge in [-0.2, -0.15) is 0 Å². The average Bonchev–Trinajstić information content (AvgIpc) is 2.27. The maximum atomic E-state index is 9.86. The van der Waals surface area contributed by atoms with Crippen LogP contribution < -0.4 is 10.5 Å². The highest BCUT2D eigenvalue weighted by molar-refractivity contribution is 5.35. The van der Waals surface area contributed by atoms with Gasteiger partial charge in [0.2, 0.25) is 0 Å². The number of ether oxygens (including phenoxy) is 1. The fourth-order valence-electron chi connectivity index (χ4n) is 1.32. The van der Waals surface area contributed by atoms with Crippen LogP contribution in [0.5, 0.6) is 5.75 Å². The largest absolute Gasteiger partial charge is 0.490 e. The fourth-order valence-corrected chi connectivity index (χ4v) is 1.32. The smallest absolute Gasteiger partial charge is 0.124 e. The van der Waals surface area contributed by atoms with Gasteiger partial charge in [0.1, 0.15) is 12.4 Å². The summed E-state index contributed by atoms with van der Waals surface area (Å²) in [5.74, 6) is 0.756. The molecule has 0 spiro atoms. The van der Waals surface area contributed by atoms with Crippen LogP contribution in [0.25, 0.3) is 0 Å². The van der Waals surface area contributed by atoms with Crippen LogP contribution in [0.4, 0.5) is 0 Å². The maximum absolute atomic E-state index is 9.86. The van der Waals surface area contributed by atoms with Crippen LogP contribution in [0.2, 0.25) is 0 Å². The van der Waals surface area contributed by atoms with Crippen molar-refractivity contribution >= 4 is 0 Å². The molecule has 0 aliphatic heterocycles. The van der Waals surface area contributed by atoms with Crippen molar-refractivity contribution in [2.24, 2.45) is 5.73 Å². The summed E-state index contributed by atoms with van der Waals surface area (Å²) in [5.41, 5.74) is 6.02. The molecule has 3 N–H and O–H groups in total. The van der Waals surface area contributed by atoms with Crippen molar-refractivity contribution in [3.8, 4) is 5.75 Å². The highest BCUT2D eigenvalue weighted by atomic mass is 16.5. The Morgan fingerprint density at radius 2 is 2.06 bits per heavy atom. The summed E-state index contributed by atoms with van der Waals surface area (Å²) in [4.78, 5) is 0. The zero-order valence-electron chi connectivity index (χ0n) is 10.2. The molecule has 0 aliphatic rings. The monoisotopic (exact) mass is 223 g/mol. The first-order valence-electron chi connectivity index (χ1n) is 5.66. The molecule has 0 amide bonds. The van der Waals surface area contributed by atoms with E-state index >= 15 is 0 Å². The molecule has 1 rings (SSSR count). The van der Waals surface area contributed by atoms with Crippen LogP contribution in [-0.2, 0) is 0 Å². The molecule has 2 atom stereocenters. The number of rotatable bonds is 5. The van der Waals surface area contributed by atoms with Crippen molar-refractivity contribution in [2.75, 3.05) is 6.61 Å². The highest BCUT2D eigenvalue weighted by Crippen LogP contribution is 2.24. The number of hydrogen-bond acceptors (Lipinski definition) is 3. The SMILES string of the molecule is CCC(C)(O)COc1ccccc1[C@H](C)N. The minimum absolute atomic E-state index is 0.0669. The third kappa shape index (κ3) is 3.51. The zero-order valence-corrected chi connectivity index (χ0v) is 10.2. The van der Waals surface area contributed by atoms with Crippen molar-refractivity contribution in [1.29, 1.82) is 0 Å². The lowest BCUT2D eigenvalue weighted by Gasteiger charge is -2.23. The molecule has 0 aliphatic carbocycles. The van der Waals surface area contributed by atoms with Crippen LogP contribution in [0.3, 0.4) is 0 Å².